The number of benzene rings is 2. The lowest BCUT2D eigenvalue weighted by molar-refractivity contribution is -0.122. The Bertz CT molecular complexity index is 1340. The molecule has 1 saturated heterocycles. The van der Waals surface area contributed by atoms with Crippen molar-refractivity contribution in [3.63, 3.8) is 0 Å². The highest BCUT2D eigenvalue weighted by molar-refractivity contribution is 7.80. The Balaban J connectivity index is 1.68. The normalized spacial score (nSPS) is 15.2. The Morgan fingerprint density at radius 3 is 2.61 bits per heavy atom. The molecule has 0 bridgehead atoms. The van der Waals surface area contributed by atoms with Crippen LogP contribution in [-0.2, 0) is 16.0 Å². The molecule has 2 aromatic carbocycles. The van der Waals surface area contributed by atoms with Crippen LogP contribution in [0.1, 0.15) is 34.2 Å². The number of furan rings is 1. The van der Waals surface area contributed by atoms with Crippen LogP contribution >= 0.6 is 12.2 Å². The molecule has 1 aliphatic rings. The van der Waals surface area contributed by atoms with Crippen molar-refractivity contribution in [2.24, 2.45) is 0 Å². The van der Waals surface area contributed by atoms with Gasteiger partial charge in [0.25, 0.3) is 11.8 Å². The molecule has 33 heavy (non-hydrogen) atoms. The number of nitrogens with one attached hydrogen (secondary N) is 1. The number of hydrogen-bond acceptors (Lipinski definition) is 5. The number of anilines is 1. The lowest BCUT2D eigenvalue weighted by Gasteiger charge is -2.30. The number of thiocarbonyl (C=S) groups is 1. The third-order valence-electron chi connectivity index (χ3n) is 5.37. The van der Waals surface area contributed by atoms with Gasteiger partial charge in [0.15, 0.2) is 5.11 Å². The van der Waals surface area contributed by atoms with Crippen molar-refractivity contribution in [2.75, 3.05) is 4.90 Å². The Morgan fingerprint density at radius 2 is 1.91 bits per heavy atom. The minimum absolute atomic E-state index is 0.0253. The molecule has 0 atom stereocenters. The van der Waals surface area contributed by atoms with E-state index in [1.54, 1.807) is 43.3 Å². The quantitative estimate of drug-likeness (QED) is 0.334. The second kappa shape index (κ2) is 8.84. The zero-order chi connectivity index (χ0) is 23.7. The van der Waals surface area contributed by atoms with Crippen LogP contribution in [0.5, 0.6) is 0 Å². The third-order valence-corrected chi connectivity index (χ3v) is 5.65. The van der Waals surface area contributed by atoms with Gasteiger partial charge in [-0.1, -0.05) is 31.2 Å². The van der Waals surface area contributed by atoms with Gasteiger partial charge in [-0.25, -0.2) is 4.79 Å². The van der Waals surface area contributed by atoms with Crippen molar-refractivity contribution in [2.45, 2.75) is 20.3 Å². The maximum Gasteiger partial charge on any atom is 0.335 e. The van der Waals surface area contributed by atoms with Crippen molar-refractivity contribution < 1.29 is 23.9 Å². The molecule has 1 fully saturated rings. The van der Waals surface area contributed by atoms with Gasteiger partial charge in [0.2, 0.25) is 0 Å². The number of hydrogen-bond donors (Lipinski definition) is 2. The molecule has 2 amide bonds. The smallest absolute Gasteiger partial charge is 0.335 e. The molecule has 166 valence electrons. The molecule has 0 spiro atoms. The van der Waals surface area contributed by atoms with Crippen LogP contribution in [0, 0.1) is 6.92 Å². The monoisotopic (exact) mass is 460 g/mol. The number of aryl methyl sites for hydroxylation is 2. The van der Waals surface area contributed by atoms with Gasteiger partial charge in [0.1, 0.15) is 17.1 Å². The van der Waals surface area contributed by atoms with E-state index in [4.69, 9.17) is 21.7 Å². The predicted octanol–water partition coefficient (Wildman–Crippen LogP) is 4.35. The Morgan fingerprint density at radius 1 is 1.15 bits per heavy atom. The van der Waals surface area contributed by atoms with Crippen LogP contribution in [0.4, 0.5) is 5.69 Å². The zero-order valence-corrected chi connectivity index (χ0v) is 18.7. The number of aromatic carboxylic acids is 1. The van der Waals surface area contributed by atoms with Crippen LogP contribution in [0.25, 0.3) is 17.4 Å². The van der Waals surface area contributed by atoms with Gasteiger partial charge in [-0.3, -0.25) is 19.8 Å². The van der Waals surface area contributed by atoms with E-state index >= 15 is 0 Å². The molecule has 3 aromatic rings. The summed E-state index contributed by atoms with van der Waals surface area (Å²) in [6.45, 7) is 3.76. The van der Waals surface area contributed by atoms with Crippen molar-refractivity contribution in [3.05, 3.63) is 82.6 Å². The average Bonchev–Trinajstić information content (AvgIpc) is 3.25. The number of nitrogens with zero attached hydrogens (tertiary/aromatic N) is 1. The molecule has 8 heteroatoms. The fraction of sp³-hybridized carbons (Fsp3) is 0.120. The topological polar surface area (TPSA) is 99.8 Å². The molecule has 0 radical (unpaired) electrons. The second-order valence-electron chi connectivity index (χ2n) is 7.48. The van der Waals surface area contributed by atoms with E-state index in [0.717, 1.165) is 11.1 Å². The minimum atomic E-state index is -1.01. The van der Waals surface area contributed by atoms with Gasteiger partial charge in [-0.2, -0.15) is 0 Å². The fourth-order valence-electron chi connectivity index (χ4n) is 3.69. The minimum Gasteiger partial charge on any atom is -0.478 e. The lowest BCUT2D eigenvalue weighted by Crippen LogP contribution is -2.54. The number of carbonyl (C=O) groups is 3. The van der Waals surface area contributed by atoms with Gasteiger partial charge < -0.3 is 9.52 Å². The van der Waals surface area contributed by atoms with Gasteiger partial charge in [-0.05, 0) is 73.1 Å². The fourth-order valence-corrected chi connectivity index (χ4v) is 3.97. The summed E-state index contributed by atoms with van der Waals surface area (Å²) in [6.07, 6.45) is 2.07. The summed E-state index contributed by atoms with van der Waals surface area (Å²) in [5.41, 5.74) is 3.05. The van der Waals surface area contributed by atoms with Crippen LogP contribution in [0.3, 0.4) is 0 Å². The molecular weight excluding hydrogens is 440 g/mol. The molecule has 0 saturated carbocycles. The average molecular weight is 461 g/mol. The van der Waals surface area contributed by atoms with E-state index in [1.165, 1.54) is 17.0 Å². The van der Waals surface area contributed by atoms with Gasteiger partial charge >= 0.3 is 5.97 Å². The van der Waals surface area contributed by atoms with Crippen LogP contribution in [-0.4, -0.2) is 28.0 Å². The molecule has 4 rings (SSSR count). The number of carboxylic acid groups (broad SMARTS) is 1. The Kier molecular flexibility index (Phi) is 5.93. The second-order valence-corrected chi connectivity index (χ2v) is 7.86. The van der Waals surface area contributed by atoms with E-state index in [-0.39, 0.29) is 16.2 Å². The first kappa shape index (κ1) is 22.2. The highest BCUT2D eigenvalue weighted by Crippen LogP contribution is 2.29. The maximum atomic E-state index is 13.3. The zero-order valence-electron chi connectivity index (χ0n) is 17.9. The molecular formula is C25H20N2O5S. The highest BCUT2D eigenvalue weighted by atomic mass is 32.1. The van der Waals surface area contributed by atoms with E-state index in [9.17, 15) is 14.4 Å². The third kappa shape index (κ3) is 4.20. The summed E-state index contributed by atoms with van der Waals surface area (Å²) >= 11 is 5.28. The largest absolute Gasteiger partial charge is 0.478 e. The van der Waals surface area contributed by atoms with Crippen LogP contribution < -0.4 is 10.2 Å². The molecule has 0 unspecified atom stereocenters. The molecule has 0 aliphatic carbocycles. The summed E-state index contributed by atoms with van der Waals surface area (Å²) in [6, 6.07) is 15.4. The molecule has 1 aromatic heterocycles. The SMILES string of the molecule is CCc1ccccc1N1C(=O)/C(=C/c2ccc(-c3ccc(C(=O)O)cc3C)o2)C(=O)NC1=S. The van der Waals surface area contributed by atoms with Crippen molar-refractivity contribution in [1.82, 2.24) is 5.32 Å². The number of amides is 2. The standard InChI is InChI=1S/C25H20N2O5S/c1-3-15-6-4-5-7-20(15)27-23(29)19(22(28)26-25(27)33)13-17-9-11-21(32-17)18-10-8-16(24(30)31)12-14(18)2/h4-13H,3H2,1-2H3,(H,30,31)(H,26,28,33)/b19-13+. The van der Waals surface area contributed by atoms with E-state index < -0.39 is 17.8 Å². The molecule has 1 aliphatic heterocycles. The lowest BCUT2D eigenvalue weighted by atomic mass is 10.0. The summed E-state index contributed by atoms with van der Waals surface area (Å²) in [7, 11) is 0. The van der Waals surface area contributed by atoms with Crippen molar-refractivity contribution in [1.29, 1.82) is 0 Å². The first-order chi connectivity index (χ1) is 15.8. The number of carboxylic acids is 1. The van der Waals surface area contributed by atoms with Gasteiger partial charge in [0, 0.05) is 5.56 Å². The number of carbonyl (C=O) groups excluding carboxylic acids is 2. The Labute approximate surface area is 195 Å². The Hall–Kier alpha value is -4.04. The summed E-state index contributed by atoms with van der Waals surface area (Å²) in [5.74, 6) is -1.35. The predicted molar refractivity (Wildman–Crippen MR) is 128 cm³/mol. The first-order valence-corrected chi connectivity index (χ1v) is 10.6. The summed E-state index contributed by atoms with van der Waals surface area (Å²) in [4.78, 5) is 38.3. The molecule has 2 N–H and O–H groups in total. The number of rotatable bonds is 5. The first-order valence-electron chi connectivity index (χ1n) is 10.2. The van der Waals surface area contributed by atoms with E-state index in [0.29, 0.717) is 29.2 Å². The number of para-hydroxylation sites is 1. The van der Waals surface area contributed by atoms with Gasteiger partial charge in [0.05, 0.1) is 11.3 Å². The van der Waals surface area contributed by atoms with Crippen molar-refractivity contribution in [3.8, 4) is 11.3 Å². The summed E-state index contributed by atoms with van der Waals surface area (Å²) < 4.78 is 5.86. The summed E-state index contributed by atoms with van der Waals surface area (Å²) in [5, 5.41) is 11.7. The highest BCUT2D eigenvalue weighted by Gasteiger charge is 2.35. The maximum absolute atomic E-state index is 13.3. The van der Waals surface area contributed by atoms with Crippen molar-refractivity contribution >= 4 is 46.9 Å². The molecule has 2 heterocycles. The van der Waals surface area contributed by atoms with E-state index in [1.807, 2.05) is 19.1 Å². The molecule has 7 nitrogen and oxygen atoms in total. The van der Waals surface area contributed by atoms with Gasteiger partial charge in [-0.15, -0.1) is 0 Å². The van der Waals surface area contributed by atoms with Crippen LogP contribution in [0.15, 0.2) is 64.6 Å². The van der Waals surface area contributed by atoms with Crippen LogP contribution in [0.2, 0.25) is 0 Å². The van der Waals surface area contributed by atoms with E-state index in [2.05, 4.69) is 5.32 Å².